The number of carbonyl (C=O) groups is 1. The number of para-hydroxylation sites is 1. The minimum Gasteiger partial charge on any atom is -0.368 e. The number of aromatic nitrogens is 3. The molecule has 148 valence electrons. The molecule has 0 radical (unpaired) electrons. The molecule has 1 aliphatic heterocycles. The van der Waals surface area contributed by atoms with Crippen LogP contribution in [-0.4, -0.2) is 39.0 Å². The zero-order chi connectivity index (χ0) is 19.8. The van der Waals surface area contributed by atoms with Crippen molar-refractivity contribution in [3.05, 3.63) is 48.8 Å². The molecule has 5 N–H and O–H groups in total. The Labute approximate surface area is 168 Å². The molecule has 1 amide bonds. The molecule has 1 saturated heterocycles. The molecule has 8 nitrogen and oxygen atoms in total. The molecule has 5 rings (SSSR count). The lowest BCUT2D eigenvalue weighted by Crippen LogP contribution is -2.44. The van der Waals surface area contributed by atoms with Gasteiger partial charge in [-0.3, -0.25) is 15.2 Å². The number of rotatable bonds is 4. The number of hydrogen-bond acceptors (Lipinski definition) is 7. The first-order valence-corrected chi connectivity index (χ1v) is 9.93. The van der Waals surface area contributed by atoms with Crippen LogP contribution in [0.25, 0.3) is 22.3 Å². The molecule has 0 bridgehead atoms. The van der Waals surface area contributed by atoms with E-state index in [-0.39, 0.29) is 30.0 Å². The van der Waals surface area contributed by atoms with Gasteiger partial charge in [0.05, 0.1) is 5.52 Å². The van der Waals surface area contributed by atoms with Gasteiger partial charge in [0.1, 0.15) is 11.9 Å². The van der Waals surface area contributed by atoms with E-state index >= 15 is 0 Å². The van der Waals surface area contributed by atoms with Crippen molar-refractivity contribution in [3.8, 4) is 11.4 Å². The Balaban J connectivity index is 1.46. The number of anilines is 1. The Morgan fingerprint density at radius 1 is 1.10 bits per heavy atom. The number of nitrogens with one attached hydrogen (secondary N) is 3. The molecule has 29 heavy (non-hydrogen) atoms. The number of hydrazine groups is 1. The molecule has 1 aliphatic carbocycles. The summed E-state index contributed by atoms with van der Waals surface area (Å²) in [5.41, 5.74) is 13.6. The van der Waals surface area contributed by atoms with Crippen molar-refractivity contribution < 1.29 is 4.79 Å². The summed E-state index contributed by atoms with van der Waals surface area (Å²) in [6.45, 7) is 0. The fourth-order valence-corrected chi connectivity index (χ4v) is 4.47. The van der Waals surface area contributed by atoms with Crippen LogP contribution in [0, 0.1) is 5.92 Å². The van der Waals surface area contributed by atoms with Gasteiger partial charge in [0.2, 0.25) is 5.91 Å². The monoisotopic (exact) mass is 389 g/mol. The van der Waals surface area contributed by atoms with Crippen molar-refractivity contribution in [3.63, 3.8) is 0 Å². The summed E-state index contributed by atoms with van der Waals surface area (Å²) >= 11 is 0. The Morgan fingerprint density at radius 2 is 2.00 bits per heavy atom. The van der Waals surface area contributed by atoms with Crippen LogP contribution in [0.2, 0.25) is 0 Å². The zero-order valence-electron chi connectivity index (χ0n) is 15.9. The number of carbonyl (C=O) groups excluding carboxylic acids is 1. The smallest absolute Gasteiger partial charge is 0.236 e. The summed E-state index contributed by atoms with van der Waals surface area (Å²) in [6.07, 6.45) is 6.31. The molecule has 0 spiro atoms. The maximum Gasteiger partial charge on any atom is 0.236 e. The van der Waals surface area contributed by atoms with Gasteiger partial charge in [-0.15, -0.1) is 0 Å². The molecule has 2 aliphatic rings. The molecule has 1 aromatic carbocycles. The summed E-state index contributed by atoms with van der Waals surface area (Å²) in [4.78, 5) is 25.5. The van der Waals surface area contributed by atoms with Crippen LogP contribution in [0.3, 0.4) is 0 Å². The van der Waals surface area contributed by atoms with Gasteiger partial charge in [-0.1, -0.05) is 12.1 Å². The zero-order valence-corrected chi connectivity index (χ0v) is 15.9. The maximum absolute atomic E-state index is 11.8. The molecular weight excluding hydrogens is 366 g/mol. The Hall–Kier alpha value is -3.10. The molecule has 1 saturated carbocycles. The highest BCUT2D eigenvalue weighted by molar-refractivity contribution is 5.90. The number of nitrogens with zero attached hydrogens (tertiary/aromatic N) is 3. The molecular formula is C21H23N7O. The molecule has 3 heterocycles. The third kappa shape index (κ3) is 3.41. The minimum atomic E-state index is -0.335. The second-order valence-corrected chi connectivity index (χ2v) is 7.75. The summed E-state index contributed by atoms with van der Waals surface area (Å²) in [5, 5.41) is 4.61. The topological polar surface area (TPSA) is 118 Å². The number of pyridine rings is 1. The van der Waals surface area contributed by atoms with E-state index in [2.05, 4.69) is 21.2 Å². The number of fused-ring (bicyclic) bond motifs is 2. The van der Waals surface area contributed by atoms with Crippen LogP contribution in [0.4, 0.5) is 5.82 Å². The van der Waals surface area contributed by atoms with Gasteiger partial charge in [0, 0.05) is 41.3 Å². The first-order chi connectivity index (χ1) is 14.2. The van der Waals surface area contributed by atoms with Gasteiger partial charge in [-0.25, -0.2) is 15.4 Å². The van der Waals surface area contributed by atoms with Crippen LogP contribution in [0.15, 0.2) is 48.8 Å². The largest absolute Gasteiger partial charge is 0.368 e. The van der Waals surface area contributed by atoms with Gasteiger partial charge >= 0.3 is 0 Å². The quantitative estimate of drug-likeness (QED) is 0.535. The normalized spacial score (nSPS) is 26.2. The molecule has 3 aromatic rings. The van der Waals surface area contributed by atoms with E-state index in [0.717, 1.165) is 41.5 Å². The lowest BCUT2D eigenvalue weighted by atomic mass is 9.79. The van der Waals surface area contributed by atoms with Crippen LogP contribution in [-0.2, 0) is 4.79 Å². The Morgan fingerprint density at radius 3 is 2.83 bits per heavy atom. The van der Waals surface area contributed by atoms with E-state index in [4.69, 9.17) is 15.7 Å². The van der Waals surface area contributed by atoms with Gasteiger partial charge in [-0.05, 0) is 43.5 Å². The SMILES string of the molecule is NC(=O)C1NNC2CCC(Nc3nc(-c4cccnc4)nc4ccccc34)CC21. The predicted octanol–water partition coefficient (Wildman–Crippen LogP) is 1.60. The van der Waals surface area contributed by atoms with Crippen molar-refractivity contribution in [2.75, 3.05) is 5.32 Å². The average Bonchev–Trinajstić information content (AvgIpc) is 3.18. The number of benzene rings is 1. The lowest BCUT2D eigenvalue weighted by molar-refractivity contribution is -0.120. The van der Waals surface area contributed by atoms with Gasteiger partial charge in [0.25, 0.3) is 0 Å². The number of hydrogen-bond donors (Lipinski definition) is 4. The Bertz CT molecular complexity index is 1040. The lowest BCUT2D eigenvalue weighted by Gasteiger charge is -2.33. The highest BCUT2D eigenvalue weighted by Crippen LogP contribution is 2.33. The van der Waals surface area contributed by atoms with Crippen LogP contribution >= 0.6 is 0 Å². The first kappa shape index (κ1) is 18.0. The van der Waals surface area contributed by atoms with Crippen LogP contribution in [0.5, 0.6) is 0 Å². The second-order valence-electron chi connectivity index (χ2n) is 7.75. The highest BCUT2D eigenvalue weighted by atomic mass is 16.1. The van der Waals surface area contributed by atoms with E-state index in [1.165, 1.54) is 0 Å². The van der Waals surface area contributed by atoms with Crippen LogP contribution < -0.4 is 21.9 Å². The molecule has 4 unspecified atom stereocenters. The number of amides is 1. The van der Waals surface area contributed by atoms with Crippen molar-refractivity contribution >= 4 is 22.6 Å². The van der Waals surface area contributed by atoms with E-state index in [1.54, 1.807) is 12.4 Å². The van der Waals surface area contributed by atoms with E-state index in [9.17, 15) is 4.79 Å². The maximum atomic E-state index is 11.8. The molecule has 2 fully saturated rings. The van der Waals surface area contributed by atoms with Gasteiger partial charge in [0.15, 0.2) is 5.82 Å². The second kappa shape index (κ2) is 7.38. The minimum absolute atomic E-state index is 0.171. The fourth-order valence-electron chi connectivity index (χ4n) is 4.47. The first-order valence-electron chi connectivity index (χ1n) is 9.93. The summed E-state index contributed by atoms with van der Waals surface area (Å²) in [6, 6.07) is 12.0. The van der Waals surface area contributed by atoms with E-state index < -0.39 is 0 Å². The average molecular weight is 389 g/mol. The number of nitrogens with two attached hydrogens (primary N) is 1. The number of primary amides is 1. The summed E-state index contributed by atoms with van der Waals surface area (Å²) < 4.78 is 0. The fraction of sp³-hybridized carbons (Fsp3) is 0.333. The Kier molecular flexibility index (Phi) is 4.57. The molecule has 2 aromatic heterocycles. The van der Waals surface area contributed by atoms with Crippen molar-refractivity contribution in [2.45, 2.75) is 37.4 Å². The summed E-state index contributed by atoms with van der Waals surface area (Å²) in [5.74, 6) is 1.32. The van der Waals surface area contributed by atoms with Crippen molar-refractivity contribution in [1.29, 1.82) is 0 Å². The molecule has 4 atom stereocenters. The van der Waals surface area contributed by atoms with Gasteiger partial charge in [-0.2, -0.15) is 0 Å². The van der Waals surface area contributed by atoms with E-state index in [0.29, 0.717) is 5.82 Å². The predicted molar refractivity (Wildman–Crippen MR) is 111 cm³/mol. The van der Waals surface area contributed by atoms with Gasteiger partial charge < -0.3 is 11.1 Å². The standard InChI is InChI=1S/C21H23N7O/c22-19(29)18-15-10-13(7-8-17(15)27-28-18)24-21-14-5-1-2-6-16(14)25-20(26-21)12-4-3-9-23-11-12/h1-6,9,11,13,15,17-18,27-28H,7-8,10H2,(H2,22,29)(H,24,25,26). The third-order valence-electron chi connectivity index (χ3n) is 5.92. The van der Waals surface area contributed by atoms with Crippen molar-refractivity contribution in [2.24, 2.45) is 11.7 Å². The van der Waals surface area contributed by atoms with E-state index in [1.807, 2.05) is 36.4 Å². The van der Waals surface area contributed by atoms with Crippen molar-refractivity contribution in [1.82, 2.24) is 25.8 Å². The highest BCUT2D eigenvalue weighted by Gasteiger charge is 2.42. The third-order valence-corrected chi connectivity index (χ3v) is 5.92. The molecule has 8 heteroatoms. The van der Waals surface area contributed by atoms with Crippen LogP contribution in [0.1, 0.15) is 19.3 Å². The summed E-state index contributed by atoms with van der Waals surface area (Å²) in [7, 11) is 0.